The van der Waals surface area contributed by atoms with E-state index >= 15 is 0 Å². The first-order chi connectivity index (χ1) is 9.86. The Morgan fingerprint density at radius 1 is 0.850 bits per heavy atom. The number of para-hydroxylation sites is 1. The highest BCUT2D eigenvalue weighted by Crippen LogP contribution is 2.27. The van der Waals surface area contributed by atoms with Crippen LogP contribution in [0.15, 0.2) is 71.3 Å². The first-order valence-corrected chi connectivity index (χ1v) is 6.23. The Hall–Kier alpha value is -2.81. The van der Waals surface area contributed by atoms with E-state index in [1.807, 2.05) is 54.6 Å². The van der Waals surface area contributed by atoms with Crippen molar-refractivity contribution in [2.75, 3.05) is 0 Å². The van der Waals surface area contributed by atoms with E-state index in [4.69, 9.17) is 9.15 Å². The van der Waals surface area contributed by atoms with Crippen molar-refractivity contribution >= 4 is 6.29 Å². The number of carbonyl (C=O) groups excluding carboxylic acids is 1. The summed E-state index contributed by atoms with van der Waals surface area (Å²) in [6, 6.07) is 18.9. The van der Waals surface area contributed by atoms with Crippen LogP contribution in [-0.2, 0) is 0 Å². The van der Waals surface area contributed by atoms with Gasteiger partial charge in [0.25, 0.3) is 0 Å². The Labute approximate surface area is 116 Å². The fourth-order valence-corrected chi connectivity index (χ4v) is 1.98. The summed E-state index contributed by atoms with van der Waals surface area (Å²) in [6.07, 6.45) is 2.22. The molecule has 20 heavy (non-hydrogen) atoms. The number of hydrogen-bond acceptors (Lipinski definition) is 3. The highest BCUT2D eigenvalue weighted by atomic mass is 16.5. The summed E-state index contributed by atoms with van der Waals surface area (Å²) >= 11 is 0. The summed E-state index contributed by atoms with van der Waals surface area (Å²) < 4.78 is 10.8. The van der Waals surface area contributed by atoms with Gasteiger partial charge in [-0.3, -0.25) is 4.79 Å². The molecule has 3 rings (SSSR count). The zero-order chi connectivity index (χ0) is 13.8. The van der Waals surface area contributed by atoms with Gasteiger partial charge in [0.1, 0.15) is 11.5 Å². The molecule has 3 aromatic rings. The molecule has 3 heteroatoms. The molecule has 0 saturated carbocycles. The fraction of sp³-hybridized carbons (Fsp3) is 0. The van der Waals surface area contributed by atoms with Gasteiger partial charge < -0.3 is 9.15 Å². The second-order valence-corrected chi connectivity index (χ2v) is 4.26. The molecule has 0 unspecified atom stereocenters. The molecule has 1 heterocycles. The zero-order valence-electron chi connectivity index (χ0n) is 10.7. The normalized spacial score (nSPS) is 10.2. The van der Waals surface area contributed by atoms with E-state index in [1.165, 1.54) is 6.26 Å². The molecule has 0 aliphatic heterocycles. The Balaban J connectivity index is 1.83. The molecule has 2 aromatic carbocycles. The van der Waals surface area contributed by atoms with Crippen LogP contribution in [0, 0.1) is 0 Å². The minimum Gasteiger partial charge on any atom is -0.461 e. The van der Waals surface area contributed by atoms with Gasteiger partial charge >= 0.3 is 0 Å². The maximum absolute atomic E-state index is 10.9. The molecular formula is C17H12O3. The number of aldehydes is 1. The van der Waals surface area contributed by atoms with Crippen LogP contribution < -0.4 is 4.74 Å². The van der Waals surface area contributed by atoms with E-state index in [0.717, 1.165) is 22.6 Å². The molecule has 0 aliphatic rings. The molecule has 0 atom stereocenters. The van der Waals surface area contributed by atoms with Crippen LogP contribution in [-0.4, -0.2) is 6.29 Å². The minimum absolute atomic E-state index is 0.335. The topological polar surface area (TPSA) is 39.4 Å². The second kappa shape index (κ2) is 5.45. The largest absolute Gasteiger partial charge is 0.461 e. The molecule has 3 nitrogen and oxygen atoms in total. The molecule has 0 amide bonds. The molecule has 0 spiro atoms. The van der Waals surface area contributed by atoms with Crippen LogP contribution in [0.5, 0.6) is 11.5 Å². The number of furan rings is 1. The molecule has 0 fully saturated rings. The first-order valence-electron chi connectivity index (χ1n) is 6.23. The van der Waals surface area contributed by atoms with Crippen molar-refractivity contribution in [3.63, 3.8) is 0 Å². The summed E-state index contributed by atoms with van der Waals surface area (Å²) in [7, 11) is 0. The van der Waals surface area contributed by atoms with E-state index in [2.05, 4.69) is 0 Å². The van der Waals surface area contributed by atoms with Crippen molar-refractivity contribution in [1.29, 1.82) is 0 Å². The van der Waals surface area contributed by atoms with E-state index in [0.29, 0.717) is 12.0 Å². The molecular weight excluding hydrogens is 252 g/mol. The van der Waals surface area contributed by atoms with E-state index < -0.39 is 0 Å². The standard InChI is InChI=1S/C17H12O3/c18-12-17-16(10-11-19-17)13-6-8-15(9-7-13)20-14-4-2-1-3-5-14/h1-12H. The minimum atomic E-state index is 0.335. The average Bonchev–Trinajstić information content (AvgIpc) is 2.98. The van der Waals surface area contributed by atoms with Crippen molar-refractivity contribution in [2.24, 2.45) is 0 Å². The zero-order valence-corrected chi connectivity index (χ0v) is 10.7. The van der Waals surface area contributed by atoms with Crippen LogP contribution >= 0.6 is 0 Å². The van der Waals surface area contributed by atoms with Crippen molar-refractivity contribution < 1.29 is 13.9 Å². The maximum atomic E-state index is 10.9. The Morgan fingerprint density at radius 3 is 2.25 bits per heavy atom. The summed E-state index contributed by atoms with van der Waals surface area (Å²) in [5, 5.41) is 0. The number of carbonyl (C=O) groups is 1. The highest BCUT2D eigenvalue weighted by molar-refractivity contribution is 5.84. The molecule has 0 saturated heterocycles. The first kappa shape index (κ1) is 12.2. The number of benzene rings is 2. The Morgan fingerprint density at radius 2 is 1.55 bits per heavy atom. The van der Waals surface area contributed by atoms with Crippen molar-refractivity contribution in [3.05, 3.63) is 72.7 Å². The fourth-order valence-electron chi connectivity index (χ4n) is 1.98. The highest BCUT2D eigenvalue weighted by Gasteiger charge is 2.07. The summed E-state index contributed by atoms with van der Waals surface area (Å²) in [6.45, 7) is 0. The van der Waals surface area contributed by atoms with Gasteiger partial charge in [-0.2, -0.15) is 0 Å². The van der Waals surface area contributed by atoms with Gasteiger partial charge in [-0.25, -0.2) is 0 Å². The third-order valence-electron chi connectivity index (χ3n) is 2.95. The third kappa shape index (κ3) is 2.47. The van der Waals surface area contributed by atoms with Crippen LogP contribution in [0.3, 0.4) is 0 Å². The number of hydrogen-bond donors (Lipinski definition) is 0. The lowest BCUT2D eigenvalue weighted by Crippen LogP contribution is -1.85. The predicted octanol–water partition coefficient (Wildman–Crippen LogP) is 4.55. The average molecular weight is 264 g/mol. The second-order valence-electron chi connectivity index (χ2n) is 4.26. The lowest BCUT2D eigenvalue weighted by Gasteiger charge is -2.06. The summed E-state index contributed by atoms with van der Waals surface area (Å²) in [5.74, 6) is 1.87. The number of ether oxygens (including phenoxy) is 1. The van der Waals surface area contributed by atoms with E-state index in [-0.39, 0.29) is 0 Å². The van der Waals surface area contributed by atoms with Crippen LogP contribution in [0.4, 0.5) is 0 Å². The van der Waals surface area contributed by atoms with Crippen molar-refractivity contribution in [3.8, 4) is 22.6 Å². The van der Waals surface area contributed by atoms with E-state index in [9.17, 15) is 4.79 Å². The molecule has 0 radical (unpaired) electrons. The van der Waals surface area contributed by atoms with Gasteiger partial charge in [0, 0.05) is 5.56 Å². The van der Waals surface area contributed by atoms with Gasteiger partial charge in [0.2, 0.25) is 0 Å². The number of rotatable bonds is 4. The SMILES string of the molecule is O=Cc1occc1-c1ccc(Oc2ccccc2)cc1. The Bertz CT molecular complexity index is 697. The van der Waals surface area contributed by atoms with Gasteiger partial charge in [0.15, 0.2) is 12.0 Å². The molecule has 98 valence electrons. The lowest BCUT2D eigenvalue weighted by molar-refractivity contribution is 0.110. The summed E-state index contributed by atoms with van der Waals surface area (Å²) in [5.41, 5.74) is 1.70. The van der Waals surface area contributed by atoms with Crippen molar-refractivity contribution in [2.45, 2.75) is 0 Å². The van der Waals surface area contributed by atoms with Crippen LogP contribution in [0.2, 0.25) is 0 Å². The van der Waals surface area contributed by atoms with Crippen LogP contribution in [0.25, 0.3) is 11.1 Å². The Kier molecular flexibility index (Phi) is 3.33. The van der Waals surface area contributed by atoms with E-state index in [1.54, 1.807) is 6.07 Å². The van der Waals surface area contributed by atoms with Crippen molar-refractivity contribution in [1.82, 2.24) is 0 Å². The maximum Gasteiger partial charge on any atom is 0.185 e. The summed E-state index contributed by atoms with van der Waals surface area (Å²) in [4.78, 5) is 10.9. The van der Waals surface area contributed by atoms with Gasteiger partial charge in [-0.15, -0.1) is 0 Å². The smallest absolute Gasteiger partial charge is 0.185 e. The van der Waals surface area contributed by atoms with Gasteiger partial charge in [-0.05, 0) is 35.9 Å². The lowest BCUT2D eigenvalue weighted by atomic mass is 10.1. The van der Waals surface area contributed by atoms with Crippen LogP contribution in [0.1, 0.15) is 10.6 Å². The van der Waals surface area contributed by atoms with Gasteiger partial charge in [0.05, 0.1) is 6.26 Å². The predicted molar refractivity (Wildman–Crippen MR) is 76.0 cm³/mol. The molecule has 0 aliphatic carbocycles. The monoisotopic (exact) mass is 264 g/mol. The van der Waals surface area contributed by atoms with Gasteiger partial charge in [-0.1, -0.05) is 30.3 Å². The molecule has 0 N–H and O–H groups in total. The molecule has 0 bridgehead atoms. The third-order valence-corrected chi connectivity index (χ3v) is 2.95. The molecule has 1 aromatic heterocycles. The quantitative estimate of drug-likeness (QED) is 0.649.